The first kappa shape index (κ1) is 14.4. The topological polar surface area (TPSA) is 52.9 Å². The maximum atomic E-state index is 12.5. The Morgan fingerprint density at radius 2 is 1.84 bits per heavy atom. The normalized spacial score (nSPS) is 33.6. The van der Waals surface area contributed by atoms with Crippen LogP contribution in [0.5, 0.6) is 0 Å². The number of carbonyl (C=O) groups is 1. The molecule has 2 aliphatic rings. The number of nitrogens with zero attached hydrogens (tertiary/aromatic N) is 1. The van der Waals surface area contributed by atoms with Gasteiger partial charge in [-0.3, -0.25) is 4.79 Å². The molecule has 2 fully saturated rings. The van der Waals surface area contributed by atoms with Crippen molar-refractivity contribution >= 4 is 5.91 Å². The summed E-state index contributed by atoms with van der Waals surface area (Å²) in [6.45, 7) is 4.26. The first-order valence-electron chi connectivity index (χ1n) is 7.77. The molecular weight excluding hydrogens is 236 g/mol. The Bertz CT molecular complexity index is 369. The van der Waals surface area contributed by atoms with Crippen LogP contribution in [0.4, 0.5) is 0 Å². The minimum absolute atomic E-state index is 0.112. The lowest BCUT2D eigenvalue weighted by molar-refractivity contribution is -0.131. The van der Waals surface area contributed by atoms with Crippen molar-refractivity contribution in [2.75, 3.05) is 0 Å². The Hall–Kier alpha value is -1.04. The second-order valence-corrected chi connectivity index (χ2v) is 6.77. The summed E-state index contributed by atoms with van der Waals surface area (Å²) < 4.78 is 0. The molecule has 2 rings (SSSR count). The van der Waals surface area contributed by atoms with Gasteiger partial charge in [-0.1, -0.05) is 33.1 Å². The van der Waals surface area contributed by atoms with E-state index in [1.807, 2.05) is 0 Å². The number of hydrogen-bond acceptors (Lipinski definition) is 2. The molecule has 0 radical (unpaired) electrons. The standard InChI is InChI=1S/C16H26N2O/c1-3-13-6-10-16(12-17,11-7-13)18-14(19)15(2)8-4-5-9-15/h13H,3-11H2,1-2H3,(H,18,19). The summed E-state index contributed by atoms with van der Waals surface area (Å²) in [6.07, 6.45) is 9.20. The highest BCUT2D eigenvalue weighted by Gasteiger charge is 2.42. The molecule has 106 valence electrons. The molecule has 1 amide bonds. The predicted octanol–water partition coefficient (Wildman–Crippen LogP) is 3.55. The predicted molar refractivity (Wildman–Crippen MR) is 75.3 cm³/mol. The van der Waals surface area contributed by atoms with Gasteiger partial charge in [0.25, 0.3) is 0 Å². The summed E-state index contributed by atoms with van der Waals surface area (Å²) in [7, 11) is 0. The van der Waals surface area contributed by atoms with E-state index in [9.17, 15) is 10.1 Å². The minimum Gasteiger partial charge on any atom is -0.337 e. The molecule has 0 aromatic rings. The maximum absolute atomic E-state index is 12.5. The zero-order chi connectivity index (χ0) is 13.9. The highest BCUT2D eigenvalue weighted by Crippen LogP contribution is 2.40. The van der Waals surface area contributed by atoms with Crippen molar-refractivity contribution in [2.24, 2.45) is 11.3 Å². The number of carbonyl (C=O) groups excluding carboxylic acids is 1. The summed E-state index contributed by atoms with van der Waals surface area (Å²) in [5.41, 5.74) is -0.820. The Kier molecular flexibility index (Phi) is 4.18. The van der Waals surface area contributed by atoms with Crippen molar-refractivity contribution in [3.63, 3.8) is 0 Å². The number of nitrogens with one attached hydrogen (secondary N) is 1. The second kappa shape index (κ2) is 5.53. The van der Waals surface area contributed by atoms with Gasteiger partial charge in [0.05, 0.1) is 6.07 Å². The minimum atomic E-state index is -0.589. The van der Waals surface area contributed by atoms with Gasteiger partial charge in [-0.05, 0) is 44.4 Å². The highest BCUT2D eigenvalue weighted by atomic mass is 16.2. The lowest BCUT2D eigenvalue weighted by Gasteiger charge is -2.37. The van der Waals surface area contributed by atoms with Crippen LogP contribution in [0.1, 0.15) is 71.6 Å². The molecule has 0 aromatic carbocycles. The summed E-state index contributed by atoms with van der Waals surface area (Å²) in [6, 6.07) is 2.40. The van der Waals surface area contributed by atoms with Crippen molar-refractivity contribution in [3.8, 4) is 6.07 Å². The second-order valence-electron chi connectivity index (χ2n) is 6.77. The molecule has 0 unspecified atom stereocenters. The third kappa shape index (κ3) is 2.94. The van der Waals surface area contributed by atoms with Crippen molar-refractivity contribution in [2.45, 2.75) is 77.2 Å². The zero-order valence-corrected chi connectivity index (χ0v) is 12.3. The van der Waals surface area contributed by atoms with Crippen molar-refractivity contribution in [1.29, 1.82) is 5.26 Å². The fourth-order valence-electron chi connectivity index (χ4n) is 3.59. The monoisotopic (exact) mass is 262 g/mol. The van der Waals surface area contributed by atoms with Gasteiger partial charge in [0.15, 0.2) is 0 Å². The van der Waals surface area contributed by atoms with Crippen LogP contribution in [0.2, 0.25) is 0 Å². The number of nitriles is 1. The van der Waals surface area contributed by atoms with Crippen LogP contribution in [0, 0.1) is 22.7 Å². The molecule has 2 saturated carbocycles. The molecule has 3 nitrogen and oxygen atoms in total. The summed E-state index contributed by atoms with van der Waals surface area (Å²) in [4.78, 5) is 12.5. The summed E-state index contributed by atoms with van der Waals surface area (Å²) in [5, 5.41) is 12.6. The van der Waals surface area contributed by atoms with E-state index in [4.69, 9.17) is 0 Å². The summed E-state index contributed by atoms with van der Waals surface area (Å²) >= 11 is 0. The van der Waals surface area contributed by atoms with Gasteiger partial charge in [-0.25, -0.2) is 0 Å². The van der Waals surface area contributed by atoms with E-state index < -0.39 is 5.54 Å². The molecule has 0 aliphatic heterocycles. The number of hydrogen-bond donors (Lipinski definition) is 1. The van der Waals surface area contributed by atoms with Crippen LogP contribution in [0.25, 0.3) is 0 Å². The Morgan fingerprint density at radius 1 is 1.26 bits per heavy atom. The third-order valence-corrected chi connectivity index (χ3v) is 5.36. The number of rotatable bonds is 3. The fraction of sp³-hybridized carbons (Fsp3) is 0.875. The van der Waals surface area contributed by atoms with Crippen LogP contribution in [0.15, 0.2) is 0 Å². The lowest BCUT2D eigenvalue weighted by Crippen LogP contribution is -2.53. The van der Waals surface area contributed by atoms with Gasteiger partial charge in [-0.2, -0.15) is 5.26 Å². The molecule has 1 N–H and O–H groups in total. The first-order chi connectivity index (χ1) is 9.03. The molecular formula is C16H26N2O. The Balaban J connectivity index is 2.00. The SMILES string of the molecule is CCC1CCC(C#N)(NC(=O)C2(C)CCCC2)CC1. The zero-order valence-electron chi connectivity index (χ0n) is 12.3. The van der Waals surface area contributed by atoms with E-state index in [-0.39, 0.29) is 11.3 Å². The quantitative estimate of drug-likeness (QED) is 0.845. The van der Waals surface area contributed by atoms with Crippen LogP contribution in [0.3, 0.4) is 0 Å². The fourth-order valence-corrected chi connectivity index (χ4v) is 3.59. The van der Waals surface area contributed by atoms with E-state index in [1.165, 1.54) is 6.42 Å². The smallest absolute Gasteiger partial charge is 0.227 e. The molecule has 0 aromatic heterocycles. The van der Waals surface area contributed by atoms with Gasteiger partial charge >= 0.3 is 0 Å². The van der Waals surface area contributed by atoms with Crippen LogP contribution in [-0.2, 0) is 4.79 Å². The highest BCUT2D eigenvalue weighted by molar-refractivity contribution is 5.83. The molecule has 19 heavy (non-hydrogen) atoms. The molecule has 0 bridgehead atoms. The molecule has 0 heterocycles. The van der Waals surface area contributed by atoms with Crippen LogP contribution < -0.4 is 5.32 Å². The van der Waals surface area contributed by atoms with Gasteiger partial charge in [0.1, 0.15) is 5.54 Å². The van der Waals surface area contributed by atoms with Gasteiger partial charge in [0.2, 0.25) is 5.91 Å². The van der Waals surface area contributed by atoms with E-state index in [0.29, 0.717) is 0 Å². The molecule has 3 heteroatoms. The number of amides is 1. The summed E-state index contributed by atoms with van der Waals surface area (Å²) in [5.74, 6) is 0.849. The van der Waals surface area contributed by atoms with E-state index >= 15 is 0 Å². The first-order valence-corrected chi connectivity index (χ1v) is 7.77. The largest absolute Gasteiger partial charge is 0.337 e. The average molecular weight is 262 g/mol. The van der Waals surface area contributed by atoms with Gasteiger partial charge < -0.3 is 5.32 Å². The van der Waals surface area contributed by atoms with Crippen molar-refractivity contribution in [1.82, 2.24) is 5.32 Å². The van der Waals surface area contributed by atoms with Crippen LogP contribution in [-0.4, -0.2) is 11.4 Å². The van der Waals surface area contributed by atoms with E-state index in [0.717, 1.165) is 57.3 Å². The molecule has 0 atom stereocenters. The lowest BCUT2D eigenvalue weighted by atomic mass is 9.75. The van der Waals surface area contributed by atoms with Crippen LogP contribution >= 0.6 is 0 Å². The average Bonchev–Trinajstić information content (AvgIpc) is 2.88. The molecule has 2 aliphatic carbocycles. The van der Waals surface area contributed by atoms with Gasteiger partial charge in [0, 0.05) is 5.41 Å². The Labute approximate surface area is 116 Å². The molecule has 0 saturated heterocycles. The molecule has 0 spiro atoms. The van der Waals surface area contributed by atoms with Gasteiger partial charge in [-0.15, -0.1) is 0 Å². The maximum Gasteiger partial charge on any atom is 0.227 e. The van der Waals surface area contributed by atoms with Crippen molar-refractivity contribution < 1.29 is 4.79 Å². The van der Waals surface area contributed by atoms with E-state index in [2.05, 4.69) is 25.2 Å². The van der Waals surface area contributed by atoms with E-state index in [1.54, 1.807) is 0 Å². The van der Waals surface area contributed by atoms with Crippen molar-refractivity contribution in [3.05, 3.63) is 0 Å². The Morgan fingerprint density at radius 3 is 2.32 bits per heavy atom. The third-order valence-electron chi connectivity index (χ3n) is 5.36.